The van der Waals surface area contributed by atoms with Gasteiger partial charge in [0.2, 0.25) is 0 Å². The van der Waals surface area contributed by atoms with Gasteiger partial charge in [-0.05, 0) is 30.7 Å². The van der Waals surface area contributed by atoms with E-state index in [9.17, 15) is 4.39 Å². The zero-order valence-corrected chi connectivity index (χ0v) is 12.6. The molecule has 2 rings (SSSR count). The van der Waals surface area contributed by atoms with Crippen LogP contribution < -0.4 is 5.32 Å². The molecule has 106 valence electrons. The van der Waals surface area contributed by atoms with Gasteiger partial charge in [0, 0.05) is 10.5 Å². The third-order valence-corrected chi connectivity index (χ3v) is 3.95. The van der Waals surface area contributed by atoms with E-state index in [1.807, 2.05) is 6.07 Å². The van der Waals surface area contributed by atoms with Crippen molar-refractivity contribution < 1.29 is 13.9 Å². The monoisotopic (exact) mass is 331 g/mol. The van der Waals surface area contributed by atoms with Crippen molar-refractivity contribution in [1.29, 1.82) is 0 Å². The lowest BCUT2D eigenvalue weighted by molar-refractivity contribution is -0.101. The molecule has 3 nitrogen and oxygen atoms in total. The number of benzene rings is 1. The second kappa shape index (κ2) is 7.33. The van der Waals surface area contributed by atoms with E-state index in [1.54, 1.807) is 0 Å². The Labute approximate surface area is 121 Å². The number of rotatable bonds is 5. The lowest BCUT2D eigenvalue weighted by Crippen LogP contribution is -2.47. The van der Waals surface area contributed by atoms with Crippen LogP contribution >= 0.6 is 15.9 Å². The fourth-order valence-corrected chi connectivity index (χ4v) is 2.77. The minimum Gasteiger partial charge on any atom is -0.376 e. The molecule has 5 heteroatoms. The van der Waals surface area contributed by atoms with Gasteiger partial charge >= 0.3 is 0 Å². The van der Waals surface area contributed by atoms with E-state index in [2.05, 4.69) is 28.2 Å². The zero-order chi connectivity index (χ0) is 13.7. The Kier molecular flexibility index (Phi) is 5.76. The van der Waals surface area contributed by atoms with Crippen LogP contribution in [0.25, 0.3) is 0 Å². The first-order valence-corrected chi connectivity index (χ1v) is 7.36. The average Bonchev–Trinajstić information content (AvgIpc) is 2.42. The third kappa shape index (κ3) is 4.24. The highest BCUT2D eigenvalue weighted by molar-refractivity contribution is 9.10. The van der Waals surface area contributed by atoms with Crippen molar-refractivity contribution in [3.8, 4) is 0 Å². The molecule has 1 heterocycles. The van der Waals surface area contributed by atoms with Gasteiger partial charge in [-0.15, -0.1) is 0 Å². The third-order valence-electron chi connectivity index (χ3n) is 3.21. The molecule has 1 fully saturated rings. The van der Waals surface area contributed by atoms with E-state index in [4.69, 9.17) is 9.47 Å². The highest BCUT2D eigenvalue weighted by atomic mass is 79.9. The van der Waals surface area contributed by atoms with E-state index in [0.717, 1.165) is 23.0 Å². The topological polar surface area (TPSA) is 30.5 Å². The molecule has 1 aromatic carbocycles. The molecule has 0 radical (unpaired) electrons. The summed E-state index contributed by atoms with van der Waals surface area (Å²) in [6, 6.07) is 4.97. The molecule has 0 saturated carbocycles. The van der Waals surface area contributed by atoms with Crippen molar-refractivity contribution in [2.75, 3.05) is 26.4 Å². The molecule has 2 atom stereocenters. The zero-order valence-electron chi connectivity index (χ0n) is 11.0. The summed E-state index contributed by atoms with van der Waals surface area (Å²) in [6.07, 6.45) is 0.827. The minimum atomic E-state index is -0.229. The van der Waals surface area contributed by atoms with E-state index in [0.29, 0.717) is 19.8 Å². The Bertz CT molecular complexity index is 410. The molecule has 0 amide bonds. The summed E-state index contributed by atoms with van der Waals surface area (Å²) >= 11 is 3.41. The lowest BCUT2D eigenvalue weighted by atomic mass is 10.0. The van der Waals surface area contributed by atoms with Crippen molar-refractivity contribution >= 4 is 15.9 Å². The van der Waals surface area contributed by atoms with Crippen molar-refractivity contribution in [2.45, 2.75) is 25.5 Å². The predicted molar refractivity (Wildman–Crippen MR) is 75.8 cm³/mol. The van der Waals surface area contributed by atoms with E-state index < -0.39 is 0 Å². The van der Waals surface area contributed by atoms with Gasteiger partial charge in [-0.25, -0.2) is 4.39 Å². The predicted octanol–water partition coefficient (Wildman–Crippen LogP) is 2.52. The summed E-state index contributed by atoms with van der Waals surface area (Å²) in [5.74, 6) is -0.229. The average molecular weight is 332 g/mol. The SMILES string of the molecule is CCNC(Cc1ccc(F)cc1Br)C1COCCO1. The number of halogens is 2. The largest absolute Gasteiger partial charge is 0.376 e. The minimum absolute atomic E-state index is 0.0469. The highest BCUT2D eigenvalue weighted by Gasteiger charge is 2.25. The van der Waals surface area contributed by atoms with Crippen LogP contribution in [-0.4, -0.2) is 38.5 Å². The number of likely N-dealkylation sites (N-methyl/N-ethyl adjacent to an activating group) is 1. The molecule has 2 unspecified atom stereocenters. The molecule has 1 N–H and O–H groups in total. The normalized spacial score (nSPS) is 21.3. The number of hydrogen-bond donors (Lipinski definition) is 1. The first-order chi connectivity index (χ1) is 9.20. The number of ether oxygens (including phenoxy) is 2. The molecular formula is C14H19BrFNO2. The molecule has 0 bridgehead atoms. The molecule has 1 saturated heterocycles. The fourth-order valence-electron chi connectivity index (χ4n) is 2.26. The molecule has 1 aliphatic heterocycles. The quantitative estimate of drug-likeness (QED) is 0.899. The standard InChI is InChI=1S/C14H19BrFNO2/c1-2-17-13(14-9-18-5-6-19-14)7-10-3-4-11(16)8-12(10)15/h3-4,8,13-14,17H,2,5-7,9H2,1H3. The van der Waals surface area contributed by atoms with E-state index in [1.165, 1.54) is 12.1 Å². The Morgan fingerprint density at radius 1 is 1.47 bits per heavy atom. The van der Waals surface area contributed by atoms with Crippen molar-refractivity contribution in [1.82, 2.24) is 5.32 Å². The van der Waals surface area contributed by atoms with Gasteiger partial charge in [0.05, 0.1) is 25.9 Å². The van der Waals surface area contributed by atoms with Crippen LogP contribution in [0.15, 0.2) is 22.7 Å². The Hall–Kier alpha value is -0.490. The molecule has 0 spiro atoms. The van der Waals surface area contributed by atoms with Crippen LogP contribution in [0.4, 0.5) is 4.39 Å². The van der Waals surface area contributed by atoms with Crippen molar-refractivity contribution in [2.24, 2.45) is 0 Å². The van der Waals surface area contributed by atoms with Gasteiger partial charge in [-0.1, -0.05) is 28.9 Å². The lowest BCUT2D eigenvalue weighted by Gasteiger charge is -2.31. The molecule has 0 aliphatic carbocycles. The van der Waals surface area contributed by atoms with Crippen LogP contribution in [0, 0.1) is 5.82 Å². The summed E-state index contributed by atoms with van der Waals surface area (Å²) in [6.45, 7) is 4.84. The van der Waals surface area contributed by atoms with Crippen LogP contribution in [0.2, 0.25) is 0 Å². The van der Waals surface area contributed by atoms with Gasteiger partial charge in [0.25, 0.3) is 0 Å². The second-order valence-corrected chi connectivity index (χ2v) is 5.44. The molecular weight excluding hydrogens is 313 g/mol. The van der Waals surface area contributed by atoms with Crippen LogP contribution in [0.1, 0.15) is 12.5 Å². The highest BCUT2D eigenvalue weighted by Crippen LogP contribution is 2.21. The van der Waals surface area contributed by atoms with Gasteiger partial charge in [-0.3, -0.25) is 0 Å². The maximum Gasteiger partial charge on any atom is 0.124 e. The smallest absolute Gasteiger partial charge is 0.124 e. The van der Waals surface area contributed by atoms with Crippen LogP contribution in [0.3, 0.4) is 0 Å². The Morgan fingerprint density at radius 2 is 2.32 bits per heavy atom. The summed E-state index contributed by atoms with van der Waals surface area (Å²) in [4.78, 5) is 0. The fraction of sp³-hybridized carbons (Fsp3) is 0.571. The first kappa shape index (κ1) is 14.9. The summed E-state index contributed by atoms with van der Waals surface area (Å²) in [7, 11) is 0. The number of nitrogens with one attached hydrogen (secondary N) is 1. The maximum absolute atomic E-state index is 13.1. The molecule has 1 aliphatic rings. The summed E-state index contributed by atoms with van der Waals surface area (Å²) < 4.78 is 25.1. The van der Waals surface area contributed by atoms with Gasteiger partial charge in [0.15, 0.2) is 0 Å². The van der Waals surface area contributed by atoms with Crippen LogP contribution in [0.5, 0.6) is 0 Å². The van der Waals surface area contributed by atoms with Gasteiger partial charge in [-0.2, -0.15) is 0 Å². The van der Waals surface area contributed by atoms with Gasteiger partial charge in [0.1, 0.15) is 5.82 Å². The maximum atomic E-state index is 13.1. The first-order valence-electron chi connectivity index (χ1n) is 6.57. The Morgan fingerprint density at radius 3 is 2.95 bits per heavy atom. The van der Waals surface area contributed by atoms with E-state index in [-0.39, 0.29) is 18.0 Å². The number of hydrogen-bond acceptors (Lipinski definition) is 3. The second-order valence-electron chi connectivity index (χ2n) is 4.59. The summed E-state index contributed by atoms with van der Waals surface area (Å²) in [5.41, 5.74) is 1.07. The van der Waals surface area contributed by atoms with Crippen molar-refractivity contribution in [3.63, 3.8) is 0 Å². The molecule has 1 aromatic rings. The molecule has 0 aromatic heterocycles. The van der Waals surface area contributed by atoms with E-state index >= 15 is 0 Å². The Balaban J connectivity index is 2.06. The van der Waals surface area contributed by atoms with Crippen molar-refractivity contribution in [3.05, 3.63) is 34.1 Å². The molecule has 19 heavy (non-hydrogen) atoms. The van der Waals surface area contributed by atoms with Gasteiger partial charge < -0.3 is 14.8 Å². The summed E-state index contributed by atoms with van der Waals surface area (Å²) in [5, 5.41) is 3.42. The van der Waals surface area contributed by atoms with Crippen LogP contribution in [-0.2, 0) is 15.9 Å².